The number of hydrogen-bond acceptors (Lipinski definition) is 2. The van der Waals surface area contributed by atoms with Gasteiger partial charge in [-0.25, -0.2) is 9.59 Å². The highest BCUT2D eigenvalue weighted by Gasteiger charge is 2.37. The SMILES string of the molecule is CC1(CNC(=O)Nc2ccc(C(=O)O)cc2)CC1. The van der Waals surface area contributed by atoms with Crippen molar-refractivity contribution in [2.75, 3.05) is 11.9 Å². The third-order valence-corrected chi connectivity index (χ3v) is 3.17. The van der Waals surface area contributed by atoms with Gasteiger partial charge in [0.15, 0.2) is 0 Å². The van der Waals surface area contributed by atoms with Gasteiger partial charge in [-0.05, 0) is 42.5 Å². The number of rotatable bonds is 4. The van der Waals surface area contributed by atoms with Crippen molar-refractivity contribution in [1.29, 1.82) is 0 Å². The van der Waals surface area contributed by atoms with E-state index in [9.17, 15) is 9.59 Å². The molecule has 2 rings (SSSR count). The first-order valence-electron chi connectivity index (χ1n) is 5.87. The first-order chi connectivity index (χ1) is 8.48. The Hall–Kier alpha value is -2.04. The summed E-state index contributed by atoms with van der Waals surface area (Å²) in [6, 6.07) is 5.80. The molecule has 0 unspecified atom stereocenters. The number of carboxylic acids is 1. The summed E-state index contributed by atoms with van der Waals surface area (Å²) in [5.41, 5.74) is 1.05. The Morgan fingerprint density at radius 2 is 1.89 bits per heavy atom. The molecule has 18 heavy (non-hydrogen) atoms. The molecular formula is C13H16N2O3. The van der Waals surface area contributed by atoms with Crippen LogP contribution >= 0.6 is 0 Å². The van der Waals surface area contributed by atoms with Crippen LogP contribution in [0.3, 0.4) is 0 Å². The number of carbonyl (C=O) groups is 2. The highest BCUT2D eigenvalue weighted by molar-refractivity contribution is 5.91. The molecule has 0 aromatic heterocycles. The van der Waals surface area contributed by atoms with E-state index in [1.165, 1.54) is 12.1 Å². The number of benzene rings is 1. The summed E-state index contributed by atoms with van der Waals surface area (Å²) in [4.78, 5) is 22.2. The zero-order chi connectivity index (χ0) is 13.2. The second-order valence-corrected chi connectivity index (χ2v) is 5.00. The molecule has 1 aliphatic rings. The maximum Gasteiger partial charge on any atom is 0.335 e. The summed E-state index contributed by atoms with van der Waals surface area (Å²) in [6.45, 7) is 2.81. The Morgan fingerprint density at radius 3 is 2.39 bits per heavy atom. The molecule has 5 heteroatoms. The minimum atomic E-state index is -0.979. The molecule has 0 bridgehead atoms. The Morgan fingerprint density at radius 1 is 1.28 bits per heavy atom. The summed E-state index contributed by atoms with van der Waals surface area (Å²) >= 11 is 0. The first kappa shape index (κ1) is 12.4. The molecule has 0 radical (unpaired) electrons. The predicted octanol–water partition coefficient (Wildman–Crippen LogP) is 2.31. The third kappa shape index (κ3) is 3.23. The van der Waals surface area contributed by atoms with Gasteiger partial charge in [0.25, 0.3) is 0 Å². The fraction of sp³-hybridized carbons (Fsp3) is 0.385. The van der Waals surface area contributed by atoms with Crippen molar-refractivity contribution in [2.24, 2.45) is 5.41 Å². The van der Waals surface area contributed by atoms with E-state index in [0.29, 0.717) is 12.2 Å². The van der Waals surface area contributed by atoms with Gasteiger partial charge >= 0.3 is 12.0 Å². The van der Waals surface area contributed by atoms with Gasteiger partial charge in [-0.15, -0.1) is 0 Å². The zero-order valence-electron chi connectivity index (χ0n) is 10.2. The number of amides is 2. The number of carboxylic acid groups (broad SMARTS) is 1. The molecule has 1 aromatic carbocycles. The van der Waals surface area contributed by atoms with Crippen LogP contribution in [-0.2, 0) is 0 Å². The molecule has 3 N–H and O–H groups in total. The minimum absolute atomic E-state index is 0.200. The summed E-state index contributed by atoms with van der Waals surface area (Å²) in [5, 5.41) is 14.2. The van der Waals surface area contributed by atoms with Crippen LogP contribution in [0.5, 0.6) is 0 Å². The van der Waals surface area contributed by atoms with Gasteiger partial charge in [-0.2, -0.15) is 0 Å². The average Bonchev–Trinajstić information content (AvgIpc) is 3.06. The Labute approximate surface area is 105 Å². The molecule has 0 saturated heterocycles. The summed E-state index contributed by atoms with van der Waals surface area (Å²) < 4.78 is 0. The largest absolute Gasteiger partial charge is 0.478 e. The van der Waals surface area contributed by atoms with Crippen molar-refractivity contribution in [2.45, 2.75) is 19.8 Å². The van der Waals surface area contributed by atoms with E-state index < -0.39 is 5.97 Å². The van der Waals surface area contributed by atoms with Crippen molar-refractivity contribution < 1.29 is 14.7 Å². The number of hydrogen-bond donors (Lipinski definition) is 3. The van der Waals surface area contributed by atoms with Crippen molar-refractivity contribution in [3.63, 3.8) is 0 Å². The van der Waals surface area contributed by atoms with E-state index in [2.05, 4.69) is 17.6 Å². The van der Waals surface area contributed by atoms with Crippen LogP contribution in [0.1, 0.15) is 30.1 Å². The van der Waals surface area contributed by atoms with Crippen molar-refractivity contribution >= 4 is 17.7 Å². The lowest BCUT2D eigenvalue weighted by atomic mass is 10.1. The number of carbonyl (C=O) groups excluding carboxylic acids is 1. The maximum absolute atomic E-state index is 11.6. The molecule has 1 aliphatic carbocycles. The summed E-state index contributed by atoms with van der Waals surface area (Å²) in [5.74, 6) is -0.979. The lowest BCUT2D eigenvalue weighted by Crippen LogP contribution is -2.32. The molecule has 5 nitrogen and oxygen atoms in total. The lowest BCUT2D eigenvalue weighted by Gasteiger charge is -2.11. The standard InChI is InChI=1S/C13H16N2O3/c1-13(6-7-13)8-14-12(18)15-10-4-2-9(3-5-10)11(16)17/h2-5H,6-8H2,1H3,(H,16,17)(H2,14,15,18). The number of nitrogens with one attached hydrogen (secondary N) is 2. The smallest absolute Gasteiger partial charge is 0.335 e. The predicted molar refractivity (Wildman–Crippen MR) is 67.8 cm³/mol. The van der Waals surface area contributed by atoms with Crippen LogP contribution in [0.2, 0.25) is 0 Å². The zero-order valence-corrected chi connectivity index (χ0v) is 10.2. The summed E-state index contributed by atoms with van der Waals surface area (Å²) in [7, 11) is 0. The number of urea groups is 1. The van der Waals surface area contributed by atoms with Crippen molar-refractivity contribution in [1.82, 2.24) is 5.32 Å². The Balaban J connectivity index is 1.84. The molecule has 1 aromatic rings. The fourth-order valence-electron chi connectivity index (χ4n) is 1.56. The normalized spacial score (nSPS) is 15.8. The van der Waals surface area contributed by atoms with E-state index in [1.807, 2.05) is 0 Å². The highest BCUT2D eigenvalue weighted by Crippen LogP contribution is 2.43. The molecule has 0 heterocycles. The highest BCUT2D eigenvalue weighted by atomic mass is 16.4. The molecule has 0 spiro atoms. The van der Waals surface area contributed by atoms with Crippen LogP contribution < -0.4 is 10.6 Å². The quantitative estimate of drug-likeness (QED) is 0.765. The van der Waals surface area contributed by atoms with Gasteiger partial charge in [0.05, 0.1) is 5.56 Å². The Kier molecular flexibility index (Phi) is 3.23. The lowest BCUT2D eigenvalue weighted by molar-refractivity contribution is 0.0697. The summed E-state index contributed by atoms with van der Waals surface area (Å²) in [6.07, 6.45) is 2.31. The first-order valence-corrected chi connectivity index (χ1v) is 5.87. The van der Waals surface area contributed by atoms with Gasteiger partial charge in [0, 0.05) is 12.2 Å². The Bertz CT molecular complexity index is 464. The maximum atomic E-state index is 11.6. The van der Waals surface area contributed by atoms with E-state index in [-0.39, 0.29) is 17.0 Å². The number of aromatic carboxylic acids is 1. The van der Waals surface area contributed by atoms with E-state index in [4.69, 9.17) is 5.11 Å². The van der Waals surface area contributed by atoms with Gasteiger partial charge in [0.2, 0.25) is 0 Å². The van der Waals surface area contributed by atoms with E-state index in [0.717, 1.165) is 12.8 Å². The average molecular weight is 248 g/mol. The van der Waals surface area contributed by atoms with Gasteiger partial charge in [0.1, 0.15) is 0 Å². The van der Waals surface area contributed by atoms with Crippen molar-refractivity contribution in [3.05, 3.63) is 29.8 Å². The molecule has 1 saturated carbocycles. The molecule has 96 valence electrons. The second-order valence-electron chi connectivity index (χ2n) is 5.00. The van der Waals surface area contributed by atoms with E-state index in [1.54, 1.807) is 12.1 Å². The fourth-order valence-corrected chi connectivity index (χ4v) is 1.56. The minimum Gasteiger partial charge on any atom is -0.478 e. The molecule has 2 amide bonds. The second kappa shape index (κ2) is 4.68. The van der Waals surface area contributed by atoms with Crippen LogP contribution in [0.15, 0.2) is 24.3 Å². The van der Waals surface area contributed by atoms with Crippen LogP contribution in [0, 0.1) is 5.41 Å². The van der Waals surface area contributed by atoms with E-state index >= 15 is 0 Å². The molecule has 0 aliphatic heterocycles. The van der Waals surface area contributed by atoms with Crippen molar-refractivity contribution in [3.8, 4) is 0 Å². The van der Waals surface area contributed by atoms with Crippen LogP contribution in [-0.4, -0.2) is 23.7 Å². The van der Waals surface area contributed by atoms with Crippen LogP contribution in [0.4, 0.5) is 10.5 Å². The third-order valence-electron chi connectivity index (χ3n) is 3.17. The molecule has 0 atom stereocenters. The van der Waals surface area contributed by atoms with Gasteiger partial charge < -0.3 is 15.7 Å². The monoisotopic (exact) mass is 248 g/mol. The molecule has 1 fully saturated rings. The van der Waals surface area contributed by atoms with Gasteiger partial charge in [-0.1, -0.05) is 6.92 Å². The van der Waals surface area contributed by atoms with Crippen LogP contribution in [0.25, 0.3) is 0 Å². The topological polar surface area (TPSA) is 78.4 Å². The number of anilines is 1. The molecular weight excluding hydrogens is 232 g/mol. The van der Waals surface area contributed by atoms with Gasteiger partial charge in [-0.3, -0.25) is 0 Å².